The lowest BCUT2D eigenvalue weighted by Gasteiger charge is -2.40. The van der Waals surface area contributed by atoms with Crippen molar-refractivity contribution in [1.29, 1.82) is 0 Å². The van der Waals surface area contributed by atoms with Gasteiger partial charge in [-0.2, -0.15) is 15.0 Å². The van der Waals surface area contributed by atoms with E-state index in [1.807, 2.05) is 23.1 Å². The number of nitrogens with two attached hydrogens (primary N) is 1. The molecule has 0 saturated carbocycles. The summed E-state index contributed by atoms with van der Waals surface area (Å²) in [7, 11) is 11.0. The van der Waals surface area contributed by atoms with Crippen LogP contribution in [0.5, 0.6) is 17.2 Å². The predicted molar refractivity (Wildman–Crippen MR) is 499 cm³/mol. The average Bonchev–Trinajstić information content (AvgIpc) is 1.36. The molecular weight excluding hydrogens is 1770 g/mol. The molecule has 0 aliphatic carbocycles. The van der Waals surface area contributed by atoms with E-state index in [0.717, 1.165) is 70.3 Å². The van der Waals surface area contributed by atoms with Gasteiger partial charge in [0.25, 0.3) is 12.2 Å². The molecule has 9 heterocycles. The van der Waals surface area contributed by atoms with E-state index in [-0.39, 0.29) is 77.1 Å². The van der Waals surface area contributed by atoms with E-state index < -0.39 is 39.2 Å². The molecule has 15 rings (SSSR count). The van der Waals surface area contributed by atoms with Gasteiger partial charge in [0.05, 0.1) is 97.9 Å². The van der Waals surface area contributed by atoms with Crippen LogP contribution in [-0.4, -0.2) is 213 Å². The van der Waals surface area contributed by atoms with Crippen LogP contribution in [0.25, 0.3) is 0 Å². The number of likely N-dealkylation sites (N-methyl/N-ethyl adjacent to an activating group) is 3. The standard InChI is InChI=1S/C29H33ClFN7O3.C26H29ClFN7O4.C26H31ClFN7O2.C3H4Cl2O.CH2O2.2CH4/c1-6-27(39)34-21-11-22(25(41-5)12-23(21)38-14-16-13-37(4)24(16)15-38)35-28-32-8-7-26(36-28)33-20-10-18(30)19(31)9-17(20)29(2,3)40;1-26(2,36)15-7-17(28)16(27)8-18(15)30-24-5-6-29-25(32-24)31-19-9-21(35(37)38)20(10-23(19)39-4)34-12-14-11-33(3)22(14)13-34;1-26(2,36)15-7-17(28)16(27)8-19(15)31-24-5-6-30-25(33-24)32-20-9-18(29)21(10-23(20)37-4)35-12-14-11-34(3)22(14)13-35;4-2-1-3(5)6;2-1-3;;/h6-12,16,24,40H,1,13-15H2,2-5H3,(H,34,39)(H2,32,33,35,36);5-10,14,22,36H,11-13H2,1-4H3,(H2,29,30,31,32);5-10,14,22,36H,11-13,29H2,1-4H3,(H2,30,31,32,33);1-2H2;1H,(H,2,3);2*1H4/t16-,24+;2*14-,22+;;;;/m000..../s1. The first-order valence-corrected chi connectivity index (χ1v) is 41.6. The maximum atomic E-state index is 14.2. The molecule has 128 heavy (non-hydrogen) atoms. The minimum absolute atomic E-state index is 0. The Morgan fingerprint density at radius 1 is 0.531 bits per heavy atom. The molecule has 0 bridgehead atoms. The smallest absolute Gasteiger partial charge is 0.294 e. The fourth-order valence-corrected chi connectivity index (χ4v) is 16.7. The Morgan fingerprint density at radius 3 is 1.16 bits per heavy atom. The Balaban J connectivity index is 0.000000205. The lowest BCUT2D eigenvalue weighted by atomic mass is 9.93. The second-order valence-corrected chi connectivity index (χ2v) is 34.3. The number of nitrogens with one attached hydrogen (secondary N) is 7. The Kier molecular flexibility index (Phi) is 33.6. The minimum Gasteiger partial charge on any atom is -0.494 e. The number of aliphatic hydroxyl groups is 3. The van der Waals surface area contributed by atoms with Crippen LogP contribution >= 0.6 is 58.0 Å². The average molecular weight is 1870 g/mol. The molecular formula is C87H107Cl5F3N21O12. The number of benzene rings is 6. The van der Waals surface area contributed by atoms with Gasteiger partial charge < -0.3 is 107 Å². The minimum atomic E-state index is -1.36. The third-order valence-corrected chi connectivity index (χ3v) is 23.3. The van der Waals surface area contributed by atoms with Crippen molar-refractivity contribution in [1.82, 2.24) is 44.6 Å². The summed E-state index contributed by atoms with van der Waals surface area (Å²) < 4.78 is 59.3. The van der Waals surface area contributed by atoms with E-state index in [4.69, 9.17) is 87.9 Å². The van der Waals surface area contributed by atoms with E-state index in [1.54, 1.807) is 84.6 Å². The molecule has 3 aromatic heterocycles. The van der Waals surface area contributed by atoms with Crippen LogP contribution in [-0.2, 0) is 31.2 Å². The number of hydrogen-bond donors (Lipinski definition) is 12. The highest BCUT2D eigenvalue weighted by Crippen LogP contribution is 2.48. The Bertz CT molecular complexity index is 5510. The number of halogens is 8. The van der Waals surface area contributed by atoms with Gasteiger partial charge in [-0.05, 0) is 147 Å². The topological polar surface area (TPSA) is 410 Å². The molecule has 9 aromatic rings. The summed E-state index contributed by atoms with van der Waals surface area (Å²) in [6, 6.07) is 24.6. The van der Waals surface area contributed by atoms with Crippen LogP contribution in [0.1, 0.15) is 79.5 Å². The lowest BCUT2D eigenvalue weighted by Crippen LogP contribution is -2.52. The zero-order chi connectivity index (χ0) is 91.7. The number of nitrogen functional groups attached to an aromatic ring is 1. The van der Waals surface area contributed by atoms with E-state index in [9.17, 15) is 48.2 Å². The molecule has 41 heteroatoms. The number of hydrogen-bond acceptors (Lipinski definition) is 30. The summed E-state index contributed by atoms with van der Waals surface area (Å²) in [5.74, 6) is 3.20. The summed E-state index contributed by atoms with van der Waals surface area (Å²) in [6.07, 6.45) is 6.10. The van der Waals surface area contributed by atoms with Crippen LogP contribution in [0.3, 0.4) is 0 Å². The third kappa shape index (κ3) is 24.2. The van der Waals surface area contributed by atoms with Crippen molar-refractivity contribution in [2.24, 2.45) is 17.8 Å². The molecule has 0 spiro atoms. The van der Waals surface area contributed by atoms with Crippen molar-refractivity contribution in [3.8, 4) is 17.2 Å². The summed E-state index contributed by atoms with van der Waals surface area (Å²) in [6.45, 7) is 20.9. The highest BCUT2D eigenvalue weighted by Gasteiger charge is 2.47. The summed E-state index contributed by atoms with van der Waals surface area (Å²) in [5, 5.41) is 71.4. The van der Waals surface area contributed by atoms with Crippen molar-refractivity contribution in [3.63, 3.8) is 0 Å². The number of nitro benzene ring substituents is 1. The zero-order valence-electron chi connectivity index (χ0n) is 71.0. The van der Waals surface area contributed by atoms with E-state index in [1.165, 1.54) is 75.7 Å². The van der Waals surface area contributed by atoms with Crippen LogP contribution in [0.4, 0.5) is 117 Å². The van der Waals surface area contributed by atoms with Crippen LogP contribution in [0.15, 0.2) is 122 Å². The molecule has 6 saturated heterocycles. The number of alkyl halides is 1. The SMILES string of the molecule is C.C.C=CC(=O)Nc1cc(Nc2nccc(Nc3cc(Cl)c(F)cc3C(C)(C)O)n2)c(OC)cc1N1C[C@@H]2CN(C)[C@@H]2C1.COc1cc(N2C[C@@H]3CN(C)[C@@H]3C2)c(N)cc1Nc1nccc(Nc2cc(Cl)c(F)cc2C(C)(C)O)n1.COc1cc(N2C[C@@H]3CN(C)[C@@H]3C2)c([N+](=O)[O-])cc1Nc1nccc(Nc2cc(Cl)c(F)cc2C(C)(C)O)n1.O=C(Cl)CCCl.O=CO. The molecule has 1 amide bonds. The number of nitro groups is 1. The first kappa shape index (κ1) is 100. The molecule has 688 valence electrons. The van der Waals surface area contributed by atoms with Gasteiger partial charge in [0.1, 0.15) is 57.8 Å². The van der Waals surface area contributed by atoms with Crippen molar-refractivity contribution in [2.45, 2.75) is 97.7 Å². The number of carboxylic acid groups (broad SMARTS) is 1. The number of rotatable bonds is 26. The Labute approximate surface area is 765 Å². The molecule has 6 aromatic carbocycles. The van der Waals surface area contributed by atoms with Gasteiger partial charge in [-0.25, -0.2) is 28.1 Å². The summed E-state index contributed by atoms with van der Waals surface area (Å²) >= 11 is 28.0. The second-order valence-electron chi connectivity index (χ2n) is 32.2. The molecule has 0 unspecified atom stereocenters. The predicted octanol–water partition coefficient (Wildman–Crippen LogP) is 16.2. The van der Waals surface area contributed by atoms with Crippen LogP contribution in [0.2, 0.25) is 15.1 Å². The quantitative estimate of drug-likeness (QED) is 0.00456. The van der Waals surface area contributed by atoms with Gasteiger partial charge in [-0.3, -0.25) is 24.5 Å². The number of likely N-dealkylation sites (tertiary alicyclic amines) is 3. The van der Waals surface area contributed by atoms with Crippen LogP contribution in [0, 0.1) is 45.3 Å². The van der Waals surface area contributed by atoms with Crippen molar-refractivity contribution in [2.75, 3.05) is 165 Å². The molecule has 0 radical (unpaired) electrons. The van der Waals surface area contributed by atoms with Gasteiger partial charge in [-0.1, -0.05) is 56.2 Å². The van der Waals surface area contributed by atoms with E-state index in [0.29, 0.717) is 145 Å². The number of fused-ring (bicyclic) bond motifs is 3. The number of carbonyl (C=O) groups is 3. The van der Waals surface area contributed by atoms with E-state index in [2.05, 4.69) is 119 Å². The largest absolute Gasteiger partial charge is 0.494 e. The maximum Gasteiger partial charge on any atom is 0.294 e. The first-order valence-electron chi connectivity index (χ1n) is 39.6. The summed E-state index contributed by atoms with van der Waals surface area (Å²) in [4.78, 5) is 82.0. The maximum absolute atomic E-state index is 14.2. The Morgan fingerprint density at radius 2 is 0.859 bits per heavy atom. The van der Waals surface area contributed by atoms with Crippen LogP contribution < -0.4 is 71.9 Å². The first-order chi connectivity index (χ1) is 59.6. The number of nitrogens with zero attached hydrogens (tertiary/aromatic N) is 13. The molecule has 13 N–H and O–H groups in total. The molecule has 6 aliphatic rings. The monoisotopic (exact) mass is 1870 g/mol. The van der Waals surface area contributed by atoms with Crippen molar-refractivity contribution >= 4 is 179 Å². The van der Waals surface area contributed by atoms with Gasteiger partial charge in [-0.15, -0.1) is 11.6 Å². The highest BCUT2D eigenvalue weighted by atomic mass is 35.5. The molecule has 33 nitrogen and oxygen atoms in total. The second kappa shape index (κ2) is 42.8. The zero-order valence-corrected chi connectivity index (χ0v) is 74.7. The number of anilines is 17. The van der Waals surface area contributed by atoms with Gasteiger partial charge in [0, 0.05) is 184 Å². The lowest BCUT2D eigenvalue weighted by molar-refractivity contribution is -0.384. The van der Waals surface area contributed by atoms with Gasteiger partial charge >= 0.3 is 0 Å². The fourth-order valence-electron chi connectivity index (χ4n) is 15.8. The number of ether oxygens (including phenoxy) is 3. The number of methoxy groups -OCH3 is 3. The van der Waals surface area contributed by atoms with Gasteiger partial charge in [0.2, 0.25) is 29.0 Å². The molecule has 6 atom stereocenters. The van der Waals surface area contributed by atoms with Gasteiger partial charge in [0.15, 0.2) is 0 Å². The van der Waals surface area contributed by atoms with Crippen molar-refractivity contribution in [3.05, 3.63) is 182 Å². The third-order valence-electron chi connectivity index (χ3n) is 22.1. The fraction of sp³-hybridized carbons (Fsp3) is 0.391. The van der Waals surface area contributed by atoms with E-state index >= 15 is 0 Å². The highest BCUT2D eigenvalue weighted by molar-refractivity contribution is 6.63. The number of amides is 1. The molecule has 6 fully saturated rings. The molecule has 6 aliphatic heterocycles. The Hall–Kier alpha value is -11.3. The number of carbonyl (C=O) groups excluding carboxylic acids is 2. The van der Waals surface area contributed by atoms with Crippen molar-refractivity contribution < 1.29 is 67.1 Å². The summed E-state index contributed by atoms with van der Waals surface area (Å²) in [5.41, 5.74) is 9.59. The number of aromatic nitrogens is 6. The normalized spacial score (nSPS) is 17.7.